The Balaban J connectivity index is 1.48. The molecule has 35 heavy (non-hydrogen) atoms. The fourth-order valence-electron chi connectivity index (χ4n) is 5.01. The molecule has 0 unspecified atom stereocenters. The molecule has 0 amide bonds. The Morgan fingerprint density at radius 3 is 2.51 bits per heavy atom. The van der Waals surface area contributed by atoms with Gasteiger partial charge in [-0.3, -0.25) is 0 Å². The number of aliphatic hydroxyl groups excluding tert-OH is 1. The van der Waals surface area contributed by atoms with Crippen LogP contribution < -0.4 is 5.32 Å². The Morgan fingerprint density at radius 2 is 1.86 bits per heavy atom. The van der Waals surface area contributed by atoms with Gasteiger partial charge in [-0.25, -0.2) is 4.79 Å². The van der Waals surface area contributed by atoms with Crippen LogP contribution in [0.15, 0.2) is 48.5 Å². The summed E-state index contributed by atoms with van der Waals surface area (Å²) in [6.07, 6.45) is 5.72. The molecule has 5 nitrogen and oxygen atoms in total. The van der Waals surface area contributed by atoms with Gasteiger partial charge in [0.05, 0.1) is 25.4 Å². The van der Waals surface area contributed by atoms with Crippen LogP contribution in [0.4, 0.5) is 0 Å². The van der Waals surface area contributed by atoms with E-state index in [1.165, 1.54) is 17.2 Å². The molecule has 2 aromatic carbocycles. The predicted molar refractivity (Wildman–Crippen MR) is 141 cm³/mol. The molecule has 0 radical (unpaired) electrons. The normalized spacial score (nSPS) is 15.8. The number of carbonyl (C=O) groups excluding carboxylic acids is 1. The molecule has 0 aromatic heterocycles. The SMILES string of the molecule is CCOC(=O)/C=C/c1c(C)cccc1[C@@H](C)OC[C@H](O)CNC(C)(C)CC1Cc2ccccc2C1. The van der Waals surface area contributed by atoms with E-state index >= 15 is 0 Å². The lowest BCUT2D eigenvalue weighted by Gasteiger charge is -2.31. The van der Waals surface area contributed by atoms with Crippen LogP contribution in [0.5, 0.6) is 0 Å². The molecule has 0 bridgehead atoms. The zero-order valence-electron chi connectivity index (χ0n) is 21.8. The summed E-state index contributed by atoms with van der Waals surface area (Å²) in [7, 11) is 0. The number of ether oxygens (including phenoxy) is 2. The summed E-state index contributed by atoms with van der Waals surface area (Å²) in [5, 5.41) is 14.2. The van der Waals surface area contributed by atoms with Crippen LogP contribution in [-0.4, -0.2) is 42.5 Å². The quantitative estimate of drug-likeness (QED) is 0.324. The fraction of sp³-hybridized carbons (Fsp3) is 0.500. The summed E-state index contributed by atoms with van der Waals surface area (Å²) in [5.74, 6) is 0.270. The Bertz CT molecular complexity index is 988. The van der Waals surface area contributed by atoms with E-state index in [-0.39, 0.29) is 24.2 Å². The minimum Gasteiger partial charge on any atom is -0.463 e. The smallest absolute Gasteiger partial charge is 0.330 e. The lowest BCUT2D eigenvalue weighted by atomic mass is 9.88. The largest absolute Gasteiger partial charge is 0.463 e. The number of rotatable bonds is 12. The van der Waals surface area contributed by atoms with Crippen molar-refractivity contribution in [1.29, 1.82) is 0 Å². The third-order valence-electron chi connectivity index (χ3n) is 6.76. The second kappa shape index (κ2) is 12.5. The van der Waals surface area contributed by atoms with Crippen LogP contribution in [0.1, 0.15) is 68.0 Å². The van der Waals surface area contributed by atoms with Crippen LogP contribution >= 0.6 is 0 Å². The van der Waals surface area contributed by atoms with E-state index in [1.54, 1.807) is 13.0 Å². The van der Waals surface area contributed by atoms with Crippen molar-refractivity contribution >= 4 is 12.0 Å². The topological polar surface area (TPSA) is 67.8 Å². The number of hydrogen-bond acceptors (Lipinski definition) is 5. The monoisotopic (exact) mass is 479 g/mol. The van der Waals surface area contributed by atoms with Crippen molar-refractivity contribution in [2.45, 2.75) is 71.6 Å². The number of benzene rings is 2. The van der Waals surface area contributed by atoms with Gasteiger partial charge in [-0.15, -0.1) is 0 Å². The Kier molecular flexibility index (Phi) is 9.67. The second-order valence-corrected chi connectivity index (χ2v) is 10.3. The van der Waals surface area contributed by atoms with E-state index in [4.69, 9.17) is 9.47 Å². The van der Waals surface area contributed by atoms with E-state index in [1.807, 2.05) is 32.0 Å². The summed E-state index contributed by atoms with van der Waals surface area (Å²) in [4.78, 5) is 11.8. The van der Waals surface area contributed by atoms with Gasteiger partial charge in [-0.1, -0.05) is 42.5 Å². The van der Waals surface area contributed by atoms with E-state index in [2.05, 4.69) is 43.4 Å². The zero-order chi connectivity index (χ0) is 25.4. The molecule has 190 valence electrons. The predicted octanol–water partition coefficient (Wildman–Crippen LogP) is 5.18. The number of β-amino-alcohol motifs (C(OH)–C–C–N with tert-alkyl or cyclic N) is 1. The van der Waals surface area contributed by atoms with Gasteiger partial charge in [0, 0.05) is 18.2 Å². The van der Waals surface area contributed by atoms with E-state index in [0.717, 1.165) is 36.0 Å². The molecule has 2 N–H and O–H groups in total. The van der Waals surface area contributed by atoms with Gasteiger partial charge in [0.1, 0.15) is 0 Å². The number of esters is 1. The molecule has 0 spiro atoms. The van der Waals surface area contributed by atoms with E-state index in [0.29, 0.717) is 19.1 Å². The number of nitrogens with one attached hydrogen (secondary N) is 1. The third kappa shape index (κ3) is 8.03. The Hall–Kier alpha value is -2.47. The molecule has 2 aromatic rings. The molecule has 0 heterocycles. The van der Waals surface area contributed by atoms with Crippen molar-refractivity contribution < 1.29 is 19.4 Å². The van der Waals surface area contributed by atoms with Gasteiger partial charge < -0.3 is 19.9 Å². The van der Waals surface area contributed by atoms with Crippen LogP contribution in [0.25, 0.3) is 6.08 Å². The summed E-state index contributed by atoms with van der Waals surface area (Å²) in [6, 6.07) is 14.7. The van der Waals surface area contributed by atoms with Gasteiger partial charge in [0.15, 0.2) is 0 Å². The average Bonchev–Trinajstić information content (AvgIpc) is 3.22. The molecule has 0 fully saturated rings. The van der Waals surface area contributed by atoms with Gasteiger partial charge in [-0.2, -0.15) is 0 Å². The Morgan fingerprint density at radius 1 is 1.17 bits per heavy atom. The molecule has 3 rings (SSSR count). The molecule has 0 saturated carbocycles. The van der Waals surface area contributed by atoms with Gasteiger partial charge in [0.25, 0.3) is 0 Å². The van der Waals surface area contributed by atoms with Crippen molar-refractivity contribution in [3.05, 3.63) is 76.4 Å². The minimum absolute atomic E-state index is 0.0685. The molecule has 5 heteroatoms. The second-order valence-electron chi connectivity index (χ2n) is 10.3. The number of aliphatic hydroxyl groups is 1. The minimum atomic E-state index is -0.610. The number of hydrogen-bond donors (Lipinski definition) is 2. The number of carbonyl (C=O) groups is 1. The standard InChI is InChI=1S/C30H41NO4/c1-6-34-29(33)15-14-27-21(2)10-9-13-28(27)22(3)35-20-26(32)19-31-30(4,5)18-23-16-24-11-7-8-12-25(24)17-23/h7-15,22-23,26,31-32H,6,16-20H2,1-5H3/b15-14+/t22-,26-/m1/s1. The maximum Gasteiger partial charge on any atom is 0.330 e. The van der Waals surface area contributed by atoms with Crippen LogP contribution in [0, 0.1) is 12.8 Å². The van der Waals surface area contributed by atoms with Crippen molar-refractivity contribution in [2.75, 3.05) is 19.8 Å². The lowest BCUT2D eigenvalue weighted by molar-refractivity contribution is -0.137. The molecular weight excluding hydrogens is 438 g/mol. The molecular formula is C30H41NO4. The Labute approximate surface area is 210 Å². The highest BCUT2D eigenvalue weighted by molar-refractivity contribution is 5.87. The summed E-state index contributed by atoms with van der Waals surface area (Å²) in [5.41, 5.74) is 5.86. The van der Waals surface area contributed by atoms with Gasteiger partial charge in [-0.05, 0) is 93.7 Å². The first-order chi connectivity index (χ1) is 16.7. The van der Waals surface area contributed by atoms with Crippen LogP contribution in [0.3, 0.4) is 0 Å². The van der Waals surface area contributed by atoms with Crippen molar-refractivity contribution in [3.63, 3.8) is 0 Å². The van der Waals surface area contributed by atoms with Gasteiger partial charge >= 0.3 is 5.97 Å². The first-order valence-electron chi connectivity index (χ1n) is 12.7. The zero-order valence-corrected chi connectivity index (χ0v) is 21.8. The van der Waals surface area contributed by atoms with E-state index < -0.39 is 6.10 Å². The maximum absolute atomic E-state index is 11.8. The maximum atomic E-state index is 11.8. The van der Waals surface area contributed by atoms with Crippen LogP contribution in [0.2, 0.25) is 0 Å². The van der Waals surface area contributed by atoms with Gasteiger partial charge in [0.2, 0.25) is 0 Å². The van der Waals surface area contributed by atoms with Crippen molar-refractivity contribution in [1.82, 2.24) is 5.32 Å². The molecule has 0 aliphatic heterocycles. The van der Waals surface area contributed by atoms with E-state index in [9.17, 15) is 9.90 Å². The summed E-state index contributed by atoms with van der Waals surface area (Å²) in [6.45, 7) is 11.2. The molecule has 1 aliphatic carbocycles. The highest BCUT2D eigenvalue weighted by Crippen LogP contribution is 2.32. The number of fused-ring (bicyclic) bond motifs is 1. The molecule has 0 saturated heterocycles. The number of aryl methyl sites for hydroxylation is 1. The van der Waals surface area contributed by atoms with Crippen molar-refractivity contribution in [2.24, 2.45) is 5.92 Å². The fourth-order valence-corrected chi connectivity index (χ4v) is 5.01. The summed E-state index contributed by atoms with van der Waals surface area (Å²) < 4.78 is 11.0. The lowest BCUT2D eigenvalue weighted by Crippen LogP contribution is -2.45. The summed E-state index contributed by atoms with van der Waals surface area (Å²) >= 11 is 0. The highest BCUT2D eigenvalue weighted by atomic mass is 16.5. The highest BCUT2D eigenvalue weighted by Gasteiger charge is 2.28. The third-order valence-corrected chi connectivity index (χ3v) is 6.76. The van der Waals surface area contributed by atoms with Crippen molar-refractivity contribution in [3.8, 4) is 0 Å². The molecule has 2 atom stereocenters. The first-order valence-corrected chi connectivity index (χ1v) is 12.7. The van der Waals surface area contributed by atoms with Crippen LogP contribution in [-0.2, 0) is 27.1 Å². The molecule has 1 aliphatic rings. The first kappa shape index (κ1) is 27.1. The average molecular weight is 480 g/mol.